The Morgan fingerprint density at radius 2 is 2.11 bits per heavy atom. The summed E-state index contributed by atoms with van der Waals surface area (Å²) in [7, 11) is 0. The predicted molar refractivity (Wildman–Crippen MR) is 67.6 cm³/mol. The van der Waals surface area contributed by atoms with Crippen LogP contribution in [0, 0.1) is 17.1 Å². The molecule has 3 rings (SSSR count). The summed E-state index contributed by atoms with van der Waals surface area (Å²) in [6.45, 7) is 1.40. The first-order chi connectivity index (χ1) is 9.29. The van der Waals surface area contributed by atoms with Crippen LogP contribution in [0.25, 0.3) is 11.4 Å². The quantitative estimate of drug-likeness (QED) is 0.843. The van der Waals surface area contributed by atoms with E-state index in [9.17, 15) is 9.65 Å². The van der Waals surface area contributed by atoms with Gasteiger partial charge in [-0.05, 0) is 12.1 Å². The van der Waals surface area contributed by atoms with E-state index in [0.717, 1.165) is 24.2 Å². The van der Waals surface area contributed by atoms with Gasteiger partial charge in [-0.15, -0.1) is 0 Å². The van der Waals surface area contributed by atoms with Crippen LogP contribution in [0.15, 0.2) is 24.3 Å². The van der Waals surface area contributed by atoms with Crippen molar-refractivity contribution in [3.8, 4) is 17.5 Å². The second kappa shape index (κ2) is 4.75. The molecule has 0 saturated heterocycles. The lowest BCUT2D eigenvalue weighted by molar-refractivity contribution is 0.619. The lowest BCUT2D eigenvalue weighted by Gasteiger charge is -2.17. The largest absolute Gasteiger partial charge is 0.312 e. The zero-order valence-corrected chi connectivity index (χ0v) is 10.2. The predicted octanol–water partition coefficient (Wildman–Crippen LogP) is 1.80. The van der Waals surface area contributed by atoms with Gasteiger partial charge in [0.25, 0.3) is 0 Å². The zero-order valence-electron chi connectivity index (χ0n) is 10.2. The zero-order chi connectivity index (χ0) is 13.2. The minimum Gasteiger partial charge on any atom is -0.312 e. The van der Waals surface area contributed by atoms with Crippen LogP contribution >= 0.6 is 0 Å². The fourth-order valence-electron chi connectivity index (χ4n) is 2.20. The van der Waals surface area contributed by atoms with Crippen LogP contribution in [0.3, 0.4) is 0 Å². The number of benzene rings is 1. The van der Waals surface area contributed by atoms with Gasteiger partial charge < -0.3 is 5.32 Å². The minimum absolute atomic E-state index is 0.287. The molecular weight excluding hydrogens is 243 g/mol. The molecule has 0 unspecified atom stereocenters. The van der Waals surface area contributed by atoms with Crippen molar-refractivity contribution in [1.29, 1.82) is 5.26 Å². The maximum atomic E-state index is 13.8. The summed E-state index contributed by atoms with van der Waals surface area (Å²) in [6.07, 6.45) is 0.730. The minimum atomic E-state index is -0.375. The van der Waals surface area contributed by atoms with Crippen molar-refractivity contribution in [3.63, 3.8) is 0 Å². The van der Waals surface area contributed by atoms with Crippen LogP contribution < -0.4 is 5.32 Å². The van der Waals surface area contributed by atoms with Crippen LogP contribution in [0.4, 0.5) is 4.39 Å². The number of nitriles is 1. The van der Waals surface area contributed by atoms with Gasteiger partial charge in [0.2, 0.25) is 0 Å². The van der Waals surface area contributed by atoms with E-state index in [1.165, 1.54) is 6.07 Å². The number of hydrogen-bond donors (Lipinski definition) is 1. The first-order valence-electron chi connectivity index (χ1n) is 6.05. The molecule has 0 fully saturated rings. The molecule has 2 aromatic rings. The molecule has 0 spiro atoms. The maximum absolute atomic E-state index is 13.8. The fraction of sp³-hybridized carbons (Fsp3) is 0.214. The molecule has 0 aliphatic carbocycles. The smallest absolute Gasteiger partial charge is 0.163 e. The molecule has 0 atom stereocenters. The van der Waals surface area contributed by atoms with Gasteiger partial charge in [0.1, 0.15) is 17.6 Å². The van der Waals surface area contributed by atoms with Gasteiger partial charge >= 0.3 is 0 Å². The monoisotopic (exact) mass is 254 g/mol. The lowest BCUT2D eigenvalue weighted by Crippen LogP contribution is -2.26. The van der Waals surface area contributed by atoms with E-state index in [4.69, 9.17) is 0 Å². The van der Waals surface area contributed by atoms with Crippen molar-refractivity contribution in [2.45, 2.75) is 13.0 Å². The highest BCUT2D eigenvalue weighted by atomic mass is 19.1. The topological polar surface area (TPSA) is 61.6 Å². The first-order valence-corrected chi connectivity index (χ1v) is 6.05. The normalized spacial score (nSPS) is 13.7. The van der Waals surface area contributed by atoms with Crippen molar-refractivity contribution >= 4 is 0 Å². The number of fused-ring (bicyclic) bond motifs is 1. The molecule has 0 radical (unpaired) electrons. The van der Waals surface area contributed by atoms with Crippen LogP contribution in [-0.4, -0.2) is 16.5 Å². The maximum Gasteiger partial charge on any atom is 0.163 e. The van der Waals surface area contributed by atoms with Crippen molar-refractivity contribution < 1.29 is 4.39 Å². The SMILES string of the molecule is N#Cc1nc(-c2ccccc2F)nc2c1CNCC2. The van der Waals surface area contributed by atoms with Gasteiger partial charge in [0, 0.05) is 25.1 Å². The number of hydrogen-bond acceptors (Lipinski definition) is 4. The summed E-state index contributed by atoms with van der Waals surface area (Å²) in [5, 5.41) is 12.4. The third-order valence-corrected chi connectivity index (χ3v) is 3.15. The number of rotatable bonds is 1. The second-order valence-electron chi connectivity index (χ2n) is 4.34. The summed E-state index contributed by atoms with van der Waals surface area (Å²) in [6, 6.07) is 8.41. The molecule has 0 saturated carbocycles. The molecule has 2 heterocycles. The summed E-state index contributed by atoms with van der Waals surface area (Å²) < 4.78 is 13.8. The molecule has 94 valence electrons. The Bertz CT molecular complexity index is 676. The number of nitrogens with zero attached hydrogens (tertiary/aromatic N) is 3. The Labute approximate surface area is 109 Å². The van der Waals surface area contributed by atoms with Crippen molar-refractivity contribution in [1.82, 2.24) is 15.3 Å². The Balaban J connectivity index is 2.19. The van der Waals surface area contributed by atoms with Gasteiger partial charge in [0.05, 0.1) is 11.3 Å². The van der Waals surface area contributed by atoms with E-state index in [2.05, 4.69) is 21.4 Å². The molecule has 0 amide bonds. The molecule has 1 aliphatic heterocycles. The lowest BCUT2D eigenvalue weighted by atomic mass is 10.0. The molecule has 1 aromatic heterocycles. The average Bonchev–Trinajstić information content (AvgIpc) is 2.46. The van der Waals surface area contributed by atoms with E-state index in [1.54, 1.807) is 18.2 Å². The van der Waals surface area contributed by atoms with Gasteiger partial charge in [-0.3, -0.25) is 0 Å². The molecule has 1 N–H and O–H groups in total. The van der Waals surface area contributed by atoms with Crippen LogP contribution in [0.2, 0.25) is 0 Å². The summed E-state index contributed by atoms with van der Waals surface area (Å²) >= 11 is 0. The third kappa shape index (κ3) is 2.07. The van der Waals surface area contributed by atoms with Gasteiger partial charge in [-0.2, -0.15) is 5.26 Å². The van der Waals surface area contributed by atoms with Gasteiger partial charge in [-0.1, -0.05) is 12.1 Å². The summed E-state index contributed by atoms with van der Waals surface area (Å²) in [5.74, 6) is -0.0874. The first kappa shape index (κ1) is 11.8. The Hall–Kier alpha value is -2.32. The highest BCUT2D eigenvalue weighted by Gasteiger charge is 2.19. The van der Waals surface area contributed by atoms with Crippen molar-refractivity contribution in [3.05, 3.63) is 47.0 Å². The van der Waals surface area contributed by atoms with E-state index in [-0.39, 0.29) is 11.6 Å². The van der Waals surface area contributed by atoms with Crippen LogP contribution in [0.5, 0.6) is 0 Å². The third-order valence-electron chi connectivity index (χ3n) is 3.15. The summed E-state index contributed by atoms with van der Waals surface area (Å²) in [4.78, 5) is 8.59. The molecule has 19 heavy (non-hydrogen) atoms. The molecular formula is C14H11FN4. The average molecular weight is 254 g/mol. The van der Waals surface area contributed by atoms with Crippen LogP contribution in [-0.2, 0) is 13.0 Å². The Kier molecular flexibility index (Phi) is 2.94. The van der Waals surface area contributed by atoms with Gasteiger partial charge in [-0.25, -0.2) is 14.4 Å². The fourth-order valence-corrected chi connectivity index (χ4v) is 2.20. The molecule has 1 aliphatic rings. The number of halogens is 1. The van der Waals surface area contributed by atoms with E-state index in [1.807, 2.05) is 0 Å². The molecule has 0 bridgehead atoms. The highest BCUT2D eigenvalue weighted by Crippen LogP contribution is 2.23. The summed E-state index contributed by atoms with van der Waals surface area (Å²) in [5.41, 5.74) is 2.33. The van der Waals surface area contributed by atoms with E-state index in [0.29, 0.717) is 17.8 Å². The van der Waals surface area contributed by atoms with Gasteiger partial charge in [0.15, 0.2) is 5.82 Å². The number of nitrogens with one attached hydrogen (secondary N) is 1. The van der Waals surface area contributed by atoms with Crippen molar-refractivity contribution in [2.75, 3.05) is 6.54 Å². The van der Waals surface area contributed by atoms with E-state index < -0.39 is 0 Å². The number of aromatic nitrogens is 2. The Morgan fingerprint density at radius 1 is 1.26 bits per heavy atom. The molecule has 5 heteroatoms. The second-order valence-corrected chi connectivity index (χ2v) is 4.34. The molecule has 1 aromatic carbocycles. The highest BCUT2D eigenvalue weighted by molar-refractivity contribution is 5.57. The van der Waals surface area contributed by atoms with Crippen molar-refractivity contribution in [2.24, 2.45) is 0 Å². The Morgan fingerprint density at radius 3 is 2.89 bits per heavy atom. The van der Waals surface area contributed by atoms with E-state index >= 15 is 0 Å². The van der Waals surface area contributed by atoms with Crippen LogP contribution in [0.1, 0.15) is 17.0 Å². The standard InChI is InChI=1S/C14H11FN4/c15-11-4-2-1-3-9(11)14-18-12-5-6-17-8-10(12)13(7-16)19-14/h1-4,17H,5-6,8H2. The molecule has 4 nitrogen and oxygen atoms in total.